The van der Waals surface area contributed by atoms with Crippen molar-refractivity contribution in [3.63, 3.8) is 0 Å². The summed E-state index contributed by atoms with van der Waals surface area (Å²) in [5.74, 6) is -0.0204. The number of aliphatic hydroxyl groups is 1. The smallest absolute Gasteiger partial charge is 0.185 e. The van der Waals surface area contributed by atoms with Crippen LogP contribution in [0.15, 0.2) is 84.8 Å². The molecule has 0 saturated heterocycles. The van der Waals surface area contributed by atoms with E-state index in [1.165, 1.54) is 47.7 Å². The number of halogens is 1. The molecular weight excluding hydrogens is 429 g/mol. The second-order valence-corrected chi connectivity index (χ2v) is 8.14. The number of benzene rings is 2. The summed E-state index contributed by atoms with van der Waals surface area (Å²) in [7, 11) is 0. The van der Waals surface area contributed by atoms with Gasteiger partial charge in [-0.15, -0.1) is 11.3 Å². The van der Waals surface area contributed by atoms with Crippen LogP contribution in [-0.4, -0.2) is 32.3 Å². The van der Waals surface area contributed by atoms with Crippen molar-refractivity contribution in [1.29, 1.82) is 0 Å². The second kappa shape index (κ2) is 9.67. The Morgan fingerprint density at radius 3 is 2.59 bits per heavy atom. The summed E-state index contributed by atoms with van der Waals surface area (Å²) in [6, 6.07) is 16.1. The molecule has 2 heterocycles. The van der Waals surface area contributed by atoms with Crippen LogP contribution in [0.2, 0.25) is 0 Å². The van der Waals surface area contributed by atoms with Gasteiger partial charge in [-0.1, -0.05) is 18.2 Å². The fourth-order valence-corrected chi connectivity index (χ4v) is 3.74. The molecule has 0 spiro atoms. The third-order valence-corrected chi connectivity index (χ3v) is 5.67. The molecule has 0 amide bonds. The predicted molar refractivity (Wildman–Crippen MR) is 120 cm³/mol. The van der Waals surface area contributed by atoms with Crippen molar-refractivity contribution >= 4 is 23.2 Å². The maximum atomic E-state index is 13.4. The molecule has 6 nitrogen and oxygen atoms in total. The zero-order chi connectivity index (χ0) is 22.4. The van der Waals surface area contributed by atoms with Gasteiger partial charge in [0, 0.05) is 10.4 Å². The number of ketones is 1. The van der Waals surface area contributed by atoms with Crippen LogP contribution in [0.1, 0.15) is 20.8 Å². The Bertz CT molecular complexity index is 1170. The topological polar surface area (TPSA) is 77.2 Å². The molecule has 0 saturated carbocycles. The lowest BCUT2D eigenvalue weighted by Crippen LogP contribution is -2.38. The van der Waals surface area contributed by atoms with E-state index in [1.54, 1.807) is 41.7 Å². The zero-order valence-electron chi connectivity index (χ0n) is 17.0. The van der Waals surface area contributed by atoms with Gasteiger partial charge in [0.05, 0.1) is 6.54 Å². The maximum absolute atomic E-state index is 13.4. The first-order valence-electron chi connectivity index (χ1n) is 9.81. The van der Waals surface area contributed by atoms with Gasteiger partial charge in [-0.3, -0.25) is 4.79 Å². The summed E-state index contributed by atoms with van der Waals surface area (Å²) in [5, 5.41) is 17.3. The van der Waals surface area contributed by atoms with Crippen LogP contribution in [0, 0.1) is 5.82 Å². The molecule has 2 aromatic heterocycles. The molecule has 4 aromatic rings. The van der Waals surface area contributed by atoms with E-state index in [4.69, 9.17) is 4.74 Å². The van der Waals surface area contributed by atoms with Gasteiger partial charge in [0.25, 0.3) is 0 Å². The summed E-state index contributed by atoms with van der Waals surface area (Å²) < 4.78 is 20.7. The predicted octanol–water partition coefficient (Wildman–Crippen LogP) is 4.34. The number of nitrogens with zero attached hydrogens (tertiary/aromatic N) is 3. The van der Waals surface area contributed by atoms with Crippen molar-refractivity contribution in [2.24, 2.45) is 0 Å². The number of aromatic nitrogens is 3. The van der Waals surface area contributed by atoms with E-state index in [0.717, 1.165) is 4.88 Å². The highest BCUT2D eigenvalue weighted by Gasteiger charge is 2.32. The van der Waals surface area contributed by atoms with Gasteiger partial charge >= 0.3 is 0 Å². The summed E-state index contributed by atoms with van der Waals surface area (Å²) in [6.45, 7) is -0.0349. The minimum absolute atomic E-state index is 0.0721. The van der Waals surface area contributed by atoms with Crippen LogP contribution in [0.5, 0.6) is 5.75 Å². The molecule has 162 valence electrons. The van der Waals surface area contributed by atoms with Gasteiger partial charge in [0.2, 0.25) is 0 Å². The zero-order valence-corrected chi connectivity index (χ0v) is 17.8. The molecule has 4 rings (SSSR count). The third kappa shape index (κ3) is 5.35. The molecule has 1 unspecified atom stereocenters. The summed E-state index contributed by atoms with van der Waals surface area (Å²) >= 11 is 1.56. The monoisotopic (exact) mass is 449 g/mol. The average Bonchev–Trinajstić information content (AvgIpc) is 3.51. The molecule has 0 aliphatic carbocycles. The minimum Gasteiger partial charge on any atom is -0.490 e. The normalized spacial score (nSPS) is 13.2. The Morgan fingerprint density at radius 1 is 1.16 bits per heavy atom. The molecule has 1 atom stereocenters. The highest BCUT2D eigenvalue weighted by Crippen LogP contribution is 2.26. The third-order valence-electron chi connectivity index (χ3n) is 4.83. The Kier molecular flexibility index (Phi) is 6.53. The van der Waals surface area contributed by atoms with Gasteiger partial charge < -0.3 is 9.84 Å². The van der Waals surface area contributed by atoms with E-state index in [0.29, 0.717) is 16.9 Å². The molecule has 32 heavy (non-hydrogen) atoms. The molecule has 0 bridgehead atoms. The first kappa shape index (κ1) is 21.6. The van der Waals surface area contributed by atoms with E-state index >= 15 is 0 Å². The largest absolute Gasteiger partial charge is 0.490 e. The van der Waals surface area contributed by atoms with Crippen LogP contribution in [0.3, 0.4) is 0 Å². The fourth-order valence-electron chi connectivity index (χ4n) is 3.12. The lowest BCUT2D eigenvalue weighted by atomic mass is 9.94. The Labute approximate surface area is 188 Å². The average molecular weight is 450 g/mol. The molecule has 1 N–H and O–H groups in total. The van der Waals surface area contributed by atoms with Gasteiger partial charge in [0.1, 0.15) is 36.4 Å². The maximum Gasteiger partial charge on any atom is 0.185 e. The van der Waals surface area contributed by atoms with Crippen LogP contribution >= 0.6 is 11.3 Å². The highest BCUT2D eigenvalue weighted by atomic mass is 32.1. The van der Waals surface area contributed by atoms with Crippen molar-refractivity contribution in [3.8, 4) is 5.75 Å². The molecule has 2 aromatic carbocycles. The minimum atomic E-state index is -1.47. The van der Waals surface area contributed by atoms with E-state index < -0.39 is 11.4 Å². The van der Waals surface area contributed by atoms with Gasteiger partial charge in [0.15, 0.2) is 5.78 Å². The number of ether oxygens (including phenoxy) is 1. The Morgan fingerprint density at radius 2 is 1.94 bits per heavy atom. The quantitative estimate of drug-likeness (QED) is 0.304. The van der Waals surface area contributed by atoms with E-state index in [-0.39, 0.29) is 18.9 Å². The van der Waals surface area contributed by atoms with Gasteiger partial charge in [-0.2, -0.15) is 5.10 Å². The number of carbonyl (C=O) groups is 1. The van der Waals surface area contributed by atoms with Crippen molar-refractivity contribution in [1.82, 2.24) is 14.8 Å². The fraction of sp³-hybridized carbons (Fsp3) is 0.125. The second-order valence-electron chi connectivity index (χ2n) is 7.16. The number of carbonyl (C=O) groups excluding carboxylic acids is 1. The van der Waals surface area contributed by atoms with Crippen molar-refractivity contribution in [2.45, 2.75) is 12.1 Å². The van der Waals surface area contributed by atoms with E-state index in [9.17, 15) is 14.3 Å². The highest BCUT2D eigenvalue weighted by molar-refractivity contribution is 7.10. The Balaban J connectivity index is 1.45. The van der Waals surface area contributed by atoms with Crippen molar-refractivity contribution in [2.75, 3.05) is 6.61 Å². The lowest BCUT2D eigenvalue weighted by Gasteiger charge is -2.28. The summed E-state index contributed by atoms with van der Waals surface area (Å²) in [6.07, 6.45) is 6.17. The van der Waals surface area contributed by atoms with Crippen LogP contribution < -0.4 is 4.74 Å². The molecule has 0 radical (unpaired) electrons. The SMILES string of the molecule is O=C(C=Cc1cccs1)c1ccc(OCC(O)(Cn2cncn2)c2ccc(F)cc2)cc1. The van der Waals surface area contributed by atoms with Gasteiger partial charge in [-0.25, -0.2) is 14.1 Å². The van der Waals surface area contributed by atoms with Gasteiger partial charge in [-0.05, 0) is 65.6 Å². The first-order valence-corrected chi connectivity index (χ1v) is 10.7. The molecule has 8 heteroatoms. The van der Waals surface area contributed by atoms with Crippen LogP contribution in [-0.2, 0) is 12.1 Å². The number of rotatable bonds is 9. The molecular formula is C24H20FN3O3S. The molecule has 0 fully saturated rings. The molecule has 0 aliphatic rings. The number of hydrogen-bond donors (Lipinski definition) is 1. The van der Waals surface area contributed by atoms with E-state index in [1.807, 2.05) is 17.5 Å². The number of allylic oxidation sites excluding steroid dienone is 1. The lowest BCUT2D eigenvalue weighted by molar-refractivity contribution is -0.0270. The van der Waals surface area contributed by atoms with Crippen molar-refractivity contribution in [3.05, 3.63) is 107 Å². The standard InChI is InChI=1S/C24H20FN3O3S/c25-20-7-5-19(6-8-20)24(30,14-28-17-26-16-27-28)15-31-21-9-3-18(4-10-21)23(29)12-11-22-2-1-13-32-22/h1-13,16-17,30H,14-15H2. The summed E-state index contributed by atoms with van der Waals surface area (Å²) in [5.41, 5.74) is -0.458. The summed E-state index contributed by atoms with van der Waals surface area (Å²) in [4.78, 5) is 17.2. The van der Waals surface area contributed by atoms with Crippen LogP contribution in [0.25, 0.3) is 6.08 Å². The van der Waals surface area contributed by atoms with E-state index in [2.05, 4.69) is 10.1 Å². The number of thiophene rings is 1. The number of hydrogen-bond acceptors (Lipinski definition) is 6. The molecule has 0 aliphatic heterocycles. The Hall–Kier alpha value is -3.62. The van der Waals surface area contributed by atoms with Crippen molar-refractivity contribution < 1.29 is 19.0 Å². The first-order chi connectivity index (χ1) is 15.5. The van der Waals surface area contributed by atoms with Crippen LogP contribution in [0.4, 0.5) is 4.39 Å².